The summed E-state index contributed by atoms with van der Waals surface area (Å²) in [6.07, 6.45) is 5.98. The van der Waals surface area contributed by atoms with E-state index in [0.717, 1.165) is 45.6 Å². The van der Waals surface area contributed by atoms with E-state index in [1.807, 2.05) is 0 Å². The van der Waals surface area contributed by atoms with Crippen LogP contribution in [0.3, 0.4) is 0 Å². The van der Waals surface area contributed by atoms with E-state index < -0.39 is 0 Å². The SMILES string of the molecule is CCN1CCN(CC(=O)NC2C3CCCC2CC(N)C3)CC1. The highest BCUT2D eigenvalue weighted by Crippen LogP contribution is 2.39. The zero-order valence-corrected chi connectivity index (χ0v) is 14.0. The zero-order chi connectivity index (χ0) is 15.5. The first-order valence-electron chi connectivity index (χ1n) is 9.15. The predicted octanol–water partition coefficient (Wildman–Crippen LogP) is 0.646. The average molecular weight is 308 g/mol. The summed E-state index contributed by atoms with van der Waals surface area (Å²) in [5, 5.41) is 3.36. The van der Waals surface area contributed by atoms with Crippen molar-refractivity contribution < 1.29 is 4.79 Å². The minimum Gasteiger partial charge on any atom is -0.352 e. The number of fused-ring (bicyclic) bond motifs is 2. The fourth-order valence-electron chi connectivity index (χ4n) is 4.72. The Morgan fingerprint density at radius 2 is 1.68 bits per heavy atom. The van der Waals surface area contributed by atoms with Crippen LogP contribution in [0.15, 0.2) is 0 Å². The smallest absolute Gasteiger partial charge is 0.234 e. The number of carbonyl (C=O) groups excluding carboxylic acids is 1. The van der Waals surface area contributed by atoms with Crippen LogP contribution in [0.2, 0.25) is 0 Å². The van der Waals surface area contributed by atoms with Crippen LogP contribution in [-0.4, -0.2) is 67.1 Å². The number of nitrogens with one attached hydrogen (secondary N) is 1. The molecule has 0 aromatic rings. The van der Waals surface area contributed by atoms with E-state index in [1.54, 1.807) is 0 Å². The van der Waals surface area contributed by atoms with E-state index in [4.69, 9.17) is 5.73 Å². The first-order chi connectivity index (χ1) is 10.7. The Bertz CT molecular complexity index is 367. The molecular formula is C17H32N4O. The van der Waals surface area contributed by atoms with Crippen LogP contribution in [0.1, 0.15) is 39.0 Å². The molecule has 0 radical (unpaired) electrons. The van der Waals surface area contributed by atoms with Crippen LogP contribution in [0.4, 0.5) is 0 Å². The van der Waals surface area contributed by atoms with Gasteiger partial charge in [0.2, 0.25) is 5.91 Å². The fourth-order valence-corrected chi connectivity index (χ4v) is 4.72. The van der Waals surface area contributed by atoms with Crippen molar-refractivity contribution in [3.05, 3.63) is 0 Å². The van der Waals surface area contributed by atoms with Crippen LogP contribution in [0.5, 0.6) is 0 Å². The molecule has 2 saturated carbocycles. The number of hydrogen-bond donors (Lipinski definition) is 2. The molecule has 0 aromatic heterocycles. The Morgan fingerprint density at radius 3 is 2.27 bits per heavy atom. The Morgan fingerprint density at radius 1 is 1.09 bits per heavy atom. The molecule has 2 bridgehead atoms. The van der Waals surface area contributed by atoms with Gasteiger partial charge in [-0.3, -0.25) is 9.69 Å². The number of carbonyl (C=O) groups is 1. The second kappa shape index (κ2) is 7.28. The molecule has 2 unspecified atom stereocenters. The second-order valence-corrected chi connectivity index (χ2v) is 7.49. The number of rotatable bonds is 4. The van der Waals surface area contributed by atoms with Gasteiger partial charge in [-0.05, 0) is 44.1 Å². The molecule has 2 aliphatic carbocycles. The normalized spacial score (nSPS) is 37.0. The van der Waals surface area contributed by atoms with Gasteiger partial charge in [-0.25, -0.2) is 0 Å². The van der Waals surface area contributed by atoms with Crippen molar-refractivity contribution in [2.24, 2.45) is 17.6 Å². The summed E-state index contributed by atoms with van der Waals surface area (Å²) in [5.41, 5.74) is 6.17. The van der Waals surface area contributed by atoms with E-state index >= 15 is 0 Å². The molecule has 1 aliphatic heterocycles. The van der Waals surface area contributed by atoms with E-state index in [0.29, 0.717) is 30.5 Å². The van der Waals surface area contributed by atoms with Crippen molar-refractivity contribution in [3.8, 4) is 0 Å². The third-order valence-electron chi connectivity index (χ3n) is 5.98. The van der Waals surface area contributed by atoms with E-state index in [1.165, 1.54) is 19.3 Å². The minimum absolute atomic E-state index is 0.224. The number of hydrogen-bond acceptors (Lipinski definition) is 4. The van der Waals surface area contributed by atoms with Crippen LogP contribution in [-0.2, 0) is 4.79 Å². The highest BCUT2D eigenvalue weighted by molar-refractivity contribution is 5.78. The number of nitrogens with zero attached hydrogens (tertiary/aromatic N) is 2. The standard InChI is InChI=1S/C17H32N4O/c1-2-20-6-8-21(9-7-20)12-16(22)19-17-13-4-3-5-14(17)11-15(18)10-13/h13-15,17H,2-12,18H2,1H3,(H,19,22). The molecule has 1 heterocycles. The lowest BCUT2D eigenvalue weighted by Gasteiger charge is -2.45. The number of piperazine rings is 1. The van der Waals surface area contributed by atoms with Crippen molar-refractivity contribution in [3.63, 3.8) is 0 Å². The zero-order valence-electron chi connectivity index (χ0n) is 14.0. The molecule has 22 heavy (non-hydrogen) atoms. The number of amides is 1. The predicted molar refractivity (Wildman–Crippen MR) is 88.5 cm³/mol. The van der Waals surface area contributed by atoms with Crippen molar-refractivity contribution >= 4 is 5.91 Å². The molecular weight excluding hydrogens is 276 g/mol. The summed E-state index contributed by atoms with van der Waals surface area (Å²) in [6, 6.07) is 0.739. The third-order valence-corrected chi connectivity index (χ3v) is 5.98. The van der Waals surface area contributed by atoms with Gasteiger partial charge in [-0.15, -0.1) is 0 Å². The lowest BCUT2D eigenvalue weighted by Crippen LogP contribution is -2.56. The molecule has 3 rings (SSSR count). The van der Waals surface area contributed by atoms with Gasteiger partial charge in [0.1, 0.15) is 0 Å². The molecule has 3 aliphatic rings. The van der Waals surface area contributed by atoms with E-state index in [2.05, 4.69) is 22.0 Å². The largest absolute Gasteiger partial charge is 0.352 e. The maximum Gasteiger partial charge on any atom is 0.234 e. The topological polar surface area (TPSA) is 61.6 Å². The van der Waals surface area contributed by atoms with Crippen molar-refractivity contribution in [1.29, 1.82) is 0 Å². The summed E-state index contributed by atoms with van der Waals surface area (Å²) in [5.74, 6) is 1.45. The lowest BCUT2D eigenvalue weighted by atomic mass is 9.67. The van der Waals surface area contributed by atoms with Crippen LogP contribution in [0, 0.1) is 11.8 Å². The molecule has 0 spiro atoms. The molecule has 1 amide bonds. The van der Waals surface area contributed by atoms with Crippen LogP contribution in [0.25, 0.3) is 0 Å². The van der Waals surface area contributed by atoms with Gasteiger partial charge >= 0.3 is 0 Å². The molecule has 126 valence electrons. The first-order valence-corrected chi connectivity index (χ1v) is 9.15. The fraction of sp³-hybridized carbons (Fsp3) is 0.941. The average Bonchev–Trinajstić information content (AvgIpc) is 2.49. The summed E-state index contributed by atoms with van der Waals surface area (Å²) >= 11 is 0. The maximum absolute atomic E-state index is 12.4. The quantitative estimate of drug-likeness (QED) is 0.800. The molecule has 5 nitrogen and oxygen atoms in total. The van der Waals surface area contributed by atoms with Crippen molar-refractivity contribution in [2.45, 2.75) is 51.1 Å². The van der Waals surface area contributed by atoms with Gasteiger partial charge in [0.25, 0.3) is 0 Å². The lowest BCUT2D eigenvalue weighted by molar-refractivity contribution is -0.125. The maximum atomic E-state index is 12.4. The minimum atomic E-state index is 0.224. The summed E-state index contributed by atoms with van der Waals surface area (Å²) < 4.78 is 0. The Balaban J connectivity index is 1.47. The van der Waals surface area contributed by atoms with Gasteiger partial charge in [-0.2, -0.15) is 0 Å². The number of likely N-dealkylation sites (N-methyl/N-ethyl adjacent to an activating group) is 1. The third kappa shape index (κ3) is 3.81. The highest BCUT2D eigenvalue weighted by Gasteiger charge is 2.39. The van der Waals surface area contributed by atoms with Crippen LogP contribution >= 0.6 is 0 Å². The van der Waals surface area contributed by atoms with E-state index in [-0.39, 0.29) is 5.91 Å². The van der Waals surface area contributed by atoms with Gasteiger partial charge < -0.3 is 16.0 Å². The molecule has 0 aromatic carbocycles. The Kier molecular flexibility index (Phi) is 5.37. The second-order valence-electron chi connectivity index (χ2n) is 7.49. The molecule has 3 fully saturated rings. The molecule has 2 atom stereocenters. The Hall–Kier alpha value is -0.650. The van der Waals surface area contributed by atoms with Gasteiger partial charge in [0.15, 0.2) is 0 Å². The Labute approximate surface area is 134 Å². The van der Waals surface area contributed by atoms with Crippen molar-refractivity contribution in [2.75, 3.05) is 39.3 Å². The van der Waals surface area contributed by atoms with Crippen LogP contribution < -0.4 is 11.1 Å². The van der Waals surface area contributed by atoms with E-state index in [9.17, 15) is 4.79 Å². The first kappa shape index (κ1) is 16.2. The van der Waals surface area contributed by atoms with Gasteiger partial charge in [-0.1, -0.05) is 13.3 Å². The summed E-state index contributed by atoms with van der Waals surface area (Å²) in [4.78, 5) is 17.2. The molecule has 5 heteroatoms. The molecule has 3 N–H and O–H groups in total. The summed E-state index contributed by atoms with van der Waals surface area (Å²) in [7, 11) is 0. The molecule has 1 saturated heterocycles. The highest BCUT2D eigenvalue weighted by atomic mass is 16.2. The van der Waals surface area contributed by atoms with Gasteiger partial charge in [0, 0.05) is 38.3 Å². The number of nitrogens with two attached hydrogens (primary N) is 1. The monoisotopic (exact) mass is 308 g/mol. The van der Waals surface area contributed by atoms with Gasteiger partial charge in [0.05, 0.1) is 6.54 Å². The van der Waals surface area contributed by atoms with Crippen molar-refractivity contribution in [1.82, 2.24) is 15.1 Å². The summed E-state index contributed by atoms with van der Waals surface area (Å²) in [6.45, 7) is 8.11.